The Morgan fingerprint density at radius 1 is 1.23 bits per heavy atom. The molecule has 0 unspecified atom stereocenters. The molecule has 0 aliphatic heterocycles. The molecule has 1 aromatic rings. The molecule has 0 aromatic heterocycles. The summed E-state index contributed by atoms with van der Waals surface area (Å²) in [4.78, 5) is 10.2. The van der Waals surface area contributed by atoms with E-state index in [1.165, 1.54) is 37.7 Å². The topological polar surface area (TPSA) is 40.9 Å². The number of aldehydes is 1. The molecule has 0 bridgehead atoms. The van der Waals surface area contributed by atoms with Crippen LogP contribution in [0, 0.1) is 23.2 Å². The summed E-state index contributed by atoms with van der Waals surface area (Å²) >= 11 is 0. The third-order valence-electron chi connectivity index (χ3n) is 4.68. The summed E-state index contributed by atoms with van der Waals surface area (Å²) in [5.74, 6) is 1.34. The van der Waals surface area contributed by atoms with E-state index < -0.39 is 0 Å². The van der Waals surface area contributed by atoms with Crippen molar-refractivity contribution in [2.45, 2.75) is 38.5 Å². The molecule has 0 saturated heterocycles. The molecular formula is C20H23NO. The molecule has 0 radical (unpaired) electrons. The van der Waals surface area contributed by atoms with Gasteiger partial charge in [-0.25, -0.2) is 0 Å². The Morgan fingerprint density at radius 2 is 1.91 bits per heavy atom. The van der Waals surface area contributed by atoms with Crippen LogP contribution in [0.2, 0.25) is 0 Å². The fraction of sp³-hybridized carbons (Fsp3) is 0.400. The van der Waals surface area contributed by atoms with Crippen molar-refractivity contribution in [3.63, 3.8) is 0 Å². The fourth-order valence-electron chi connectivity index (χ4n) is 3.28. The van der Waals surface area contributed by atoms with Gasteiger partial charge in [0, 0.05) is 0 Å². The van der Waals surface area contributed by atoms with Crippen molar-refractivity contribution >= 4 is 11.9 Å². The normalized spacial score (nSPS) is 21.4. The van der Waals surface area contributed by atoms with E-state index in [0.29, 0.717) is 11.5 Å². The number of nitriles is 1. The van der Waals surface area contributed by atoms with E-state index in [9.17, 15) is 4.79 Å². The Bertz CT molecular complexity index is 569. The minimum Gasteiger partial charge on any atom is -0.299 e. The third-order valence-corrected chi connectivity index (χ3v) is 4.68. The van der Waals surface area contributed by atoms with Gasteiger partial charge in [0.15, 0.2) is 0 Å². The Hall–Kier alpha value is -2.14. The summed E-state index contributed by atoms with van der Waals surface area (Å²) in [6, 6.07) is 9.91. The van der Waals surface area contributed by atoms with Gasteiger partial charge in [0.2, 0.25) is 0 Å². The van der Waals surface area contributed by atoms with E-state index >= 15 is 0 Å². The first-order valence-corrected chi connectivity index (χ1v) is 8.04. The molecule has 2 rings (SSSR count). The summed E-state index contributed by atoms with van der Waals surface area (Å²) in [6.45, 7) is 4.28. The van der Waals surface area contributed by atoms with Crippen molar-refractivity contribution in [3.05, 3.63) is 54.1 Å². The largest absolute Gasteiger partial charge is 0.299 e. The average Bonchev–Trinajstić information content (AvgIpc) is 2.59. The van der Waals surface area contributed by atoms with Crippen LogP contribution in [0.3, 0.4) is 0 Å². The van der Waals surface area contributed by atoms with E-state index in [0.717, 1.165) is 24.2 Å². The van der Waals surface area contributed by atoms with Gasteiger partial charge in [-0.3, -0.25) is 4.79 Å². The number of carbonyl (C=O) groups is 1. The zero-order valence-corrected chi connectivity index (χ0v) is 13.0. The van der Waals surface area contributed by atoms with E-state index in [4.69, 9.17) is 5.26 Å². The van der Waals surface area contributed by atoms with Crippen molar-refractivity contribution in [2.24, 2.45) is 11.8 Å². The van der Waals surface area contributed by atoms with Gasteiger partial charge < -0.3 is 0 Å². The van der Waals surface area contributed by atoms with Crippen molar-refractivity contribution in [1.82, 2.24) is 0 Å². The number of allylic oxidation sites excluding steroid dienone is 3. The SMILES string of the molecule is C=C(c1ccc(C#N)cc1)C1CCC(CCC=CC=O)CC1. The number of rotatable bonds is 6. The first-order valence-electron chi connectivity index (χ1n) is 8.04. The Balaban J connectivity index is 1.83. The van der Waals surface area contributed by atoms with E-state index in [1.807, 2.05) is 30.3 Å². The number of nitrogens with zero attached hydrogens (tertiary/aromatic N) is 1. The van der Waals surface area contributed by atoms with Crippen molar-refractivity contribution in [2.75, 3.05) is 0 Å². The van der Waals surface area contributed by atoms with Crippen LogP contribution in [0.4, 0.5) is 0 Å². The van der Waals surface area contributed by atoms with Crippen LogP contribution >= 0.6 is 0 Å². The van der Waals surface area contributed by atoms with E-state index in [1.54, 1.807) is 6.08 Å². The molecule has 22 heavy (non-hydrogen) atoms. The number of benzene rings is 1. The smallest absolute Gasteiger partial charge is 0.142 e. The second-order valence-electron chi connectivity index (χ2n) is 6.07. The van der Waals surface area contributed by atoms with Gasteiger partial charge >= 0.3 is 0 Å². The summed E-state index contributed by atoms with van der Waals surface area (Å²) in [6.07, 6.45) is 11.5. The first kappa shape index (κ1) is 16.2. The van der Waals surface area contributed by atoms with Gasteiger partial charge in [-0.1, -0.05) is 24.8 Å². The molecule has 0 amide bonds. The van der Waals surface area contributed by atoms with Crippen LogP contribution in [0.1, 0.15) is 49.7 Å². The Morgan fingerprint density at radius 3 is 2.50 bits per heavy atom. The number of hydrogen-bond acceptors (Lipinski definition) is 2. The molecule has 114 valence electrons. The van der Waals surface area contributed by atoms with E-state index in [-0.39, 0.29) is 0 Å². The van der Waals surface area contributed by atoms with Crippen LogP contribution in [0.5, 0.6) is 0 Å². The molecule has 1 aliphatic rings. The van der Waals surface area contributed by atoms with Gasteiger partial charge in [-0.15, -0.1) is 0 Å². The lowest BCUT2D eigenvalue weighted by Gasteiger charge is -2.29. The highest BCUT2D eigenvalue weighted by Crippen LogP contribution is 2.38. The summed E-state index contributed by atoms with van der Waals surface area (Å²) in [7, 11) is 0. The molecule has 1 fully saturated rings. The molecule has 0 atom stereocenters. The second-order valence-corrected chi connectivity index (χ2v) is 6.07. The van der Waals surface area contributed by atoms with Gasteiger partial charge in [-0.2, -0.15) is 5.26 Å². The molecule has 0 N–H and O–H groups in total. The summed E-state index contributed by atoms with van der Waals surface area (Å²) in [5, 5.41) is 8.85. The number of carbonyl (C=O) groups excluding carboxylic acids is 1. The highest BCUT2D eigenvalue weighted by molar-refractivity contribution is 5.66. The zero-order valence-electron chi connectivity index (χ0n) is 13.0. The monoisotopic (exact) mass is 293 g/mol. The fourth-order valence-corrected chi connectivity index (χ4v) is 3.28. The minimum absolute atomic E-state index is 0.565. The van der Waals surface area contributed by atoms with Crippen LogP contribution in [0.25, 0.3) is 5.57 Å². The Kier molecular flexibility index (Phi) is 6.15. The second kappa shape index (κ2) is 8.34. The third kappa shape index (κ3) is 4.43. The highest BCUT2D eigenvalue weighted by atomic mass is 16.1. The number of hydrogen-bond donors (Lipinski definition) is 0. The maximum absolute atomic E-state index is 10.2. The first-order chi connectivity index (χ1) is 10.7. The van der Waals surface area contributed by atoms with E-state index in [2.05, 4.69) is 12.6 Å². The minimum atomic E-state index is 0.565. The zero-order chi connectivity index (χ0) is 15.8. The molecule has 2 heteroatoms. The molecule has 1 aromatic carbocycles. The molecule has 0 heterocycles. The van der Waals surface area contributed by atoms with Crippen molar-refractivity contribution in [3.8, 4) is 6.07 Å². The van der Waals surface area contributed by atoms with Crippen LogP contribution < -0.4 is 0 Å². The van der Waals surface area contributed by atoms with Gasteiger partial charge in [0.25, 0.3) is 0 Å². The molecule has 1 saturated carbocycles. The average molecular weight is 293 g/mol. The highest BCUT2D eigenvalue weighted by Gasteiger charge is 2.23. The molecule has 2 nitrogen and oxygen atoms in total. The predicted molar refractivity (Wildman–Crippen MR) is 90.1 cm³/mol. The standard InChI is InChI=1S/C20H23NO/c1-16(20-12-8-18(15-21)9-13-20)19-10-6-17(7-11-19)5-3-2-4-14-22/h2,4,8-9,12-14,17,19H,1,3,5-7,10-11H2. The molecular weight excluding hydrogens is 270 g/mol. The van der Waals surface area contributed by atoms with Crippen LogP contribution in [0.15, 0.2) is 43.0 Å². The van der Waals surface area contributed by atoms with Gasteiger partial charge in [-0.05, 0) is 79.7 Å². The lowest BCUT2D eigenvalue weighted by atomic mass is 9.76. The Labute approximate surface area is 133 Å². The lowest BCUT2D eigenvalue weighted by molar-refractivity contribution is -0.104. The van der Waals surface area contributed by atoms with Crippen molar-refractivity contribution < 1.29 is 4.79 Å². The summed E-state index contributed by atoms with van der Waals surface area (Å²) < 4.78 is 0. The van der Waals surface area contributed by atoms with Crippen molar-refractivity contribution in [1.29, 1.82) is 5.26 Å². The lowest BCUT2D eigenvalue weighted by Crippen LogP contribution is -2.15. The van der Waals surface area contributed by atoms with Crippen LogP contribution in [-0.2, 0) is 4.79 Å². The quantitative estimate of drug-likeness (QED) is 0.552. The van der Waals surface area contributed by atoms with Gasteiger partial charge in [0.1, 0.15) is 6.29 Å². The molecule has 0 spiro atoms. The maximum atomic E-state index is 10.2. The predicted octanol–water partition coefficient (Wildman–Crippen LogP) is 4.91. The molecule has 1 aliphatic carbocycles. The summed E-state index contributed by atoms with van der Waals surface area (Å²) in [5.41, 5.74) is 3.07. The maximum Gasteiger partial charge on any atom is 0.142 e. The van der Waals surface area contributed by atoms with Gasteiger partial charge in [0.05, 0.1) is 11.6 Å². The van der Waals surface area contributed by atoms with Crippen LogP contribution in [-0.4, -0.2) is 6.29 Å².